The highest BCUT2D eigenvalue weighted by Crippen LogP contribution is 2.28. The smallest absolute Gasteiger partial charge is 0.188 e. The third-order valence-electron chi connectivity index (χ3n) is 5.73. The predicted molar refractivity (Wildman–Crippen MR) is 146 cm³/mol. The Kier molecular flexibility index (Phi) is 17.1. The van der Waals surface area contributed by atoms with E-state index in [4.69, 9.17) is 8.85 Å². The molecule has 4 nitrogen and oxygen atoms in total. The van der Waals surface area contributed by atoms with Crippen molar-refractivity contribution in [2.75, 3.05) is 37.7 Å². The SMILES string of the molecule is CCN(CC)C(C)O[Si](C)(C)CCCSSCCC[Si](C)(C)OC(C)N(CC)CC. The van der Waals surface area contributed by atoms with Crippen LogP contribution < -0.4 is 0 Å². The number of hydrogen-bond acceptors (Lipinski definition) is 6. The van der Waals surface area contributed by atoms with Gasteiger partial charge >= 0.3 is 0 Å². The van der Waals surface area contributed by atoms with E-state index in [9.17, 15) is 0 Å². The number of rotatable bonds is 19. The highest BCUT2D eigenvalue weighted by atomic mass is 33.1. The van der Waals surface area contributed by atoms with Crippen molar-refractivity contribution in [3.63, 3.8) is 0 Å². The van der Waals surface area contributed by atoms with Gasteiger partial charge in [0.1, 0.15) is 0 Å². The Morgan fingerprint density at radius 2 is 0.933 bits per heavy atom. The van der Waals surface area contributed by atoms with E-state index in [1.165, 1.54) is 36.4 Å². The molecule has 0 aromatic carbocycles. The second kappa shape index (κ2) is 16.6. The first-order valence-electron chi connectivity index (χ1n) is 12.1. The molecule has 0 aliphatic rings. The molecule has 0 fully saturated rings. The molecule has 0 rings (SSSR count). The minimum absolute atomic E-state index is 0.253. The van der Waals surface area contributed by atoms with E-state index < -0.39 is 16.6 Å². The van der Waals surface area contributed by atoms with Crippen molar-refractivity contribution < 1.29 is 8.85 Å². The second-order valence-electron chi connectivity index (χ2n) is 9.25. The molecule has 0 heterocycles. The molecular weight excluding hydrogens is 445 g/mol. The molecule has 0 spiro atoms. The summed E-state index contributed by atoms with van der Waals surface area (Å²) >= 11 is 0. The number of hydrogen-bond donors (Lipinski definition) is 0. The van der Waals surface area contributed by atoms with E-state index in [0.717, 1.165) is 26.2 Å². The normalized spacial score (nSPS) is 15.2. The van der Waals surface area contributed by atoms with Gasteiger partial charge in [-0.25, -0.2) is 0 Å². The van der Waals surface area contributed by atoms with Crippen LogP contribution in [0.3, 0.4) is 0 Å². The van der Waals surface area contributed by atoms with Crippen LogP contribution in [0.4, 0.5) is 0 Å². The fraction of sp³-hybridized carbons (Fsp3) is 1.00. The van der Waals surface area contributed by atoms with Crippen LogP contribution in [0.25, 0.3) is 0 Å². The molecule has 0 N–H and O–H groups in total. The third-order valence-corrected chi connectivity index (χ3v) is 13.4. The lowest BCUT2D eigenvalue weighted by Crippen LogP contribution is -2.43. The van der Waals surface area contributed by atoms with Gasteiger partial charge in [-0.2, -0.15) is 0 Å². The summed E-state index contributed by atoms with van der Waals surface area (Å²) in [5.41, 5.74) is 0. The van der Waals surface area contributed by atoms with Crippen LogP contribution in [0.15, 0.2) is 0 Å². The van der Waals surface area contributed by atoms with Crippen molar-refractivity contribution >= 4 is 38.2 Å². The molecule has 8 heteroatoms. The van der Waals surface area contributed by atoms with E-state index in [0.29, 0.717) is 0 Å². The fourth-order valence-corrected chi connectivity index (χ4v) is 11.0. The van der Waals surface area contributed by atoms with Crippen molar-refractivity contribution in [3.05, 3.63) is 0 Å². The quantitative estimate of drug-likeness (QED) is 0.0829. The maximum Gasteiger partial charge on any atom is 0.188 e. The Labute approximate surface area is 199 Å². The van der Waals surface area contributed by atoms with Crippen molar-refractivity contribution in [1.29, 1.82) is 0 Å². The monoisotopic (exact) mass is 496 g/mol. The lowest BCUT2D eigenvalue weighted by atomic mass is 10.5. The molecule has 30 heavy (non-hydrogen) atoms. The minimum Gasteiger partial charge on any atom is -0.402 e. The average Bonchev–Trinajstić information content (AvgIpc) is 2.64. The largest absolute Gasteiger partial charge is 0.402 e. The lowest BCUT2D eigenvalue weighted by Gasteiger charge is -2.34. The molecule has 182 valence electrons. The molecule has 0 aromatic rings. The van der Waals surface area contributed by atoms with Crippen LogP contribution in [-0.2, 0) is 8.85 Å². The fourth-order valence-electron chi connectivity index (χ4n) is 3.90. The standard InChI is InChI=1S/C22H52N2O2S2Si2/c1-11-23(12-2)21(5)25-29(7,8)19-15-17-27-28-18-16-20-30(9,10)26-22(6)24(13-3)14-4/h21-22H,11-20H2,1-10H3. The highest BCUT2D eigenvalue weighted by molar-refractivity contribution is 8.76. The van der Waals surface area contributed by atoms with Gasteiger partial charge in [0.15, 0.2) is 16.6 Å². The molecule has 2 unspecified atom stereocenters. The summed E-state index contributed by atoms with van der Waals surface area (Å²) in [6.07, 6.45) is 3.05. The summed E-state index contributed by atoms with van der Waals surface area (Å²) in [4.78, 5) is 4.80. The molecular formula is C22H52N2O2S2Si2. The predicted octanol–water partition coefficient (Wildman–Crippen LogP) is 6.97. The first kappa shape index (κ1) is 31.0. The molecule has 0 bridgehead atoms. The van der Waals surface area contributed by atoms with Gasteiger partial charge in [-0.3, -0.25) is 9.80 Å². The maximum atomic E-state index is 6.46. The molecule has 0 radical (unpaired) electrons. The Hall–Kier alpha value is 0.974. The van der Waals surface area contributed by atoms with Gasteiger partial charge < -0.3 is 8.85 Å². The number of nitrogens with zero attached hydrogens (tertiary/aromatic N) is 2. The van der Waals surface area contributed by atoms with E-state index in [2.05, 4.69) is 77.5 Å². The lowest BCUT2D eigenvalue weighted by molar-refractivity contribution is 0.0402. The Balaban J connectivity index is 3.93. The van der Waals surface area contributed by atoms with Crippen molar-refractivity contribution in [2.45, 2.75) is 105 Å². The van der Waals surface area contributed by atoms with E-state index in [1.807, 2.05) is 21.6 Å². The molecule has 2 atom stereocenters. The van der Waals surface area contributed by atoms with E-state index >= 15 is 0 Å². The van der Waals surface area contributed by atoms with Gasteiger partial charge in [-0.1, -0.05) is 49.3 Å². The molecule has 0 aromatic heterocycles. The summed E-state index contributed by atoms with van der Waals surface area (Å²) in [6.45, 7) is 27.0. The van der Waals surface area contributed by atoms with Crippen molar-refractivity contribution in [2.24, 2.45) is 0 Å². The topological polar surface area (TPSA) is 24.9 Å². The third kappa shape index (κ3) is 14.2. The zero-order valence-electron chi connectivity index (χ0n) is 21.8. The van der Waals surface area contributed by atoms with Crippen LogP contribution in [0, 0.1) is 0 Å². The van der Waals surface area contributed by atoms with Crippen LogP contribution >= 0.6 is 21.6 Å². The highest BCUT2D eigenvalue weighted by Gasteiger charge is 2.27. The zero-order valence-corrected chi connectivity index (χ0v) is 25.4. The van der Waals surface area contributed by atoms with Gasteiger partial charge in [-0.05, 0) is 91.1 Å². The summed E-state index contributed by atoms with van der Waals surface area (Å²) in [5, 5.41) is 0. The molecule has 0 saturated carbocycles. The molecule has 0 aliphatic carbocycles. The Morgan fingerprint density at radius 3 is 1.20 bits per heavy atom. The Morgan fingerprint density at radius 1 is 0.633 bits per heavy atom. The first-order chi connectivity index (χ1) is 14.0. The molecule has 0 amide bonds. The van der Waals surface area contributed by atoms with Crippen LogP contribution in [0.1, 0.15) is 54.4 Å². The molecule has 0 aliphatic heterocycles. The summed E-state index contributed by atoms with van der Waals surface area (Å²) < 4.78 is 12.9. The van der Waals surface area contributed by atoms with Gasteiger partial charge in [0.25, 0.3) is 0 Å². The van der Waals surface area contributed by atoms with Gasteiger partial charge in [0, 0.05) is 11.5 Å². The minimum atomic E-state index is -1.57. The second-order valence-corrected chi connectivity index (χ2v) is 20.5. The van der Waals surface area contributed by atoms with Gasteiger partial charge in [0.2, 0.25) is 0 Å². The van der Waals surface area contributed by atoms with Crippen LogP contribution in [0.2, 0.25) is 38.3 Å². The van der Waals surface area contributed by atoms with Gasteiger partial charge in [0.05, 0.1) is 12.5 Å². The molecule has 0 saturated heterocycles. The zero-order chi connectivity index (χ0) is 23.2. The summed E-state index contributed by atoms with van der Waals surface area (Å²) in [7, 11) is 0.943. The van der Waals surface area contributed by atoms with Crippen molar-refractivity contribution in [1.82, 2.24) is 9.80 Å². The van der Waals surface area contributed by atoms with Crippen LogP contribution in [0.5, 0.6) is 0 Å². The van der Waals surface area contributed by atoms with Crippen LogP contribution in [-0.4, -0.2) is 76.6 Å². The van der Waals surface area contributed by atoms with E-state index in [1.54, 1.807) is 0 Å². The van der Waals surface area contributed by atoms with Gasteiger partial charge in [-0.15, -0.1) is 0 Å². The summed E-state index contributed by atoms with van der Waals surface area (Å²) in [6, 6.07) is 2.51. The first-order valence-corrected chi connectivity index (χ1v) is 20.8. The summed E-state index contributed by atoms with van der Waals surface area (Å²) in [5.74, 6) is 2.47. The maximum absolute atomic E-state index is 6.46. The van der Waals surface area contributed by atoms with Crippen molar-refractivity contribution in [3.8, 4) is 0 Å². The van der Waals surface area contributed by atoms with E-state index in [-0.39, 0.29) is 12.5 Å². The Bertz CT molecular complexity index is 386. The average molecular weight is 497 g/mol.